The molecule has 2 fully saturated rings. The molecule has 2 saturated carbocycles. The predicted molar refractivity (Wildman–Crippen MR) is 95.5 cm³/mol. The third-order valence-corrected chi connectivity index (χ3v) is 6.24. The molecule has 1 amide bonds. The molecular weight excluding hydrogens is 351 g/mol. The molecule has 3 nitrogen and oxygen atoms in total. The second-order valence-corrected chi connectivity index (χ2v) is 8.83. The lowest BCUT2D eigenvalue weighted by Crippen LogP contribution is -2.25. The number of alkyl halides is 2. The molecule has 6 heteroatoms. The largest absolute Gasteiger partial charge is 0.349 e. The Morgan fingerprint density at radius 2 is 2.09 bits per heavy atom. The third-order valence-electron chi connectivity index (χ3n) is 4.24. The van der Waals surface area contributed by atoms with Crippen LogP contribution < -0.4 is 5.32 Å². The maximum Gasteiger partial charge on any atom is 0.252 e. The van der Waals surface area contributed by atoms with Crippen LogP contribution in [-0.4, -0.2) is 27.0 Å². The number of halogens is 2. The average Bonchev–Trinajstić information content (AvgIpc) is 3.43. The first kappa shape index (κ1) is 15.6. The van der Waals surface area contributed by atoms with Crippen LogP contribution in [0.1, 0.15) is 29.6 Å². The number of fused-ring (bicyclic) bond motifs is 1. The Labute approximate surface area is 149 Å². The van der Waals surface area contributed by atoms with Crippen LogP contribution >= 0.6 is 35.0 Å². The first-order chi connectivity index (χ1) is 11.0. The summed E-state index contributed by atoms with van der Waals surface area (Å²) < 4.78 is -0.573. The van der Waals surface area contributed by atoms with Crippen molar-refractivity contribution in [2.45, 2.75) is 34.7 Å². The second-order valence-electron chi connectivity index (χ2n) is 6.25. The van der Waals surface area contributed by atoms with Crippen LogP contribution in [0.4, 0.5) is 0 Å². The Morgan fingerprint density at radius 3 is 2.78 bits per heavy atom. The van der Waals surface area contributed by atoms with Crippen LogP contribution in [0.25, 0.3) is 10.9 Å². The highest BCUT2D eigenvalue weighted by Gasteiger charge is 2.51. The van der Waals surface area contributed by atoms with Gasteiger partial charge in [0.2, 0.25) is 0 Å². The van der Waals surface area contributed by atoms with Gasteiger partial charge in [-0.15, -0.1) is 35.0 Å². The van der Waals surface area contributed by atoms with E-state index in [-0.39, 0.29) is 5.91 Å². The molecule has 1 aromatic heterocycles. The summed E-state index contributed by atoms with van der Waals surface area (Å²) in [5.74, 6) is 1.11. The lowest BCUT2D eigenvalue weighted by atomic mass is 10.1. The minimum absolute atomic E-state index is 0.0107. The molecule has 2 aliphatic carbocycles. The fourth-order valence-electron chi connectivity index (χ4n) is 2.54. The number of thioether (sulfide) groups is 1. The van der Waals surface area contributed by atoms with Gasteiger partial charge in [0.05, 0.1) is 16.1 Å². The summed E-state index contributed by atoms with van der Waals surface area (Å²) in [5, 5.41) is 4.80. The van der Waals surface area contributed by atoms with E-state index in [9.17, 15) is 4.79 Å². The number of para-hydroxylation sites is 1. The van der Waals surface area contributed by atoms with Crippen LogP contribution in [0.5, 0.6) is 0 Å². The zero-order valence-corrected chi connectivity index (χ0v) is 14.7. The number of amides is 1. The molecule has 0 saturated heterocycles. The van der Waals surface area contributed by atoms with Crippen molar-refractivity contribution in [2.24, 2.45) is 5.92 Å². The van der Waals surface area contributed by atoms with E-state index in [1.807, 2.05) is 30.3 Å². The maximum absolute atomic E-state index is 12.5. The first-order valence-electron chi connectivity index (χ1n) is 7.74. The van der Waals surface area contributed by atoms with Gasteiger partial charge in [0.25, 0.3) is 5.91 Å². The summed E-state index contributed by atoms with van der Waals surface area (Å²) in [5.41, 5.74) is 1.54. The van der Waals surface area contributed by atoms with Gasteiger partial charge in [-0.2, -0.15) is 0 Å². The quantitative estimate of drug-likeness (QED) is 0.629. The number of nitrogens with one attached hydrogen (secondary N) is 1. The Balaban J connectivity index is 1.61. The molecule has 1 heterocycles. The van der Waals surface area contributed by atoms with E-state index in [0.29, 0.717) is 17.5 Å². The Hall–Kier alpha value is -0.970. The number of aromatic nitrogens is 1. The first-order valence-corrected chi connectivity index (χ1v) is 9.48. The molecule has 0 bridgehead atoms. The molecule has 120 valence electrons. The van der Waals surface area contributed by atoms with Gasteiger partial charge < -0.3 is 5.32 Å². The molecule has 2 aromatic rings. The zero-order valence-electron chi connectivity index (χ0n) is 12.4. The van der Waals surface area contributed by atoms with E-state index >= 15 is 0 Å². The summed E-state index contributed by atoms with van der Waals surface area (Å²) in [4.78, 5) is 17.2. The fourth-order valence-corrected chi connectivity index (χ4v) is 4.39. The molecule has 4 rings (SSSR count). The minimum atomic E-state index is -0.573. The molecule has 2 aliphatic rings. The molecule has 1 N–H and O–H groups in total. The standard InChI is InChI=1S/C17H16Cl2N2OS/c18-17(19)8-10(17)9-23-15-7-13(16(22)20-11-5-6-11)12-3-1-2-4-14(12)21-15/h1-4,7,10-11H,5-6,8-9H2,(H,20,22). The van der Waals surface area contributed by atoms with Crippen LogP contribution in [0.2, 0.25) is 0 Å². The van der Waals surface area contributed by atoms with Gasteiger partial charge >= 0.3 is 0 Å². The van der Waals surface area contributed by atoms with Gasteiger partial charge in [-0.3, -0.25) is 4.79 Å². The zero-order chi connectivity index (χ0) is 16.0. The van der Waals surface area contributed by atoms with Gasteiger partial charge in [-0.1, -0.05) is 18.2 Å². The van der Waals surface area contributed by atoms with Crippen molar-refractivity contribution in [2.75, 3.05) is 5.75 Å². The summed E-state index contributed by atoms with van der Waals surface area (Å²) in [6.45, 7) is 0. The second kappa shape index (κ2) is 5.83. The molecule has 23 heavy (non-hydrogen) atoms. The van der Waals surface area contributed by atoms with Gasteiger partial charge in [0.1, 0.15) is 4.33 Å². The molecule has 0 spiro atoms. The number of nitrogens with zero attached hydrogens (tertiary/aromatic N) is 1. The topological polar surface area (TPSA) is 42.0 Å². The van der Waals surface area contributed by atoms with Crippen molar-refractivity contribution in [3.8, 4) is 0 Å². The normalized spacial score (nSPS) is 22.1. The minimum Gasteiger partial charge on any atom is -0.349 e. The third kappa shape index (κ3) is 3.44. The van der Waals surface area contributed by atoms with Gasteiger partial charge in [0.15, 0.2) is 0 Å². The Morgan fingerprint density at radius 1 is 1.35 bits per heavy atom. The number of benzene rings is 1. The number of carbonyl (C=O) groups is 1. The van der Waals surface area contributed by atoms with Crippen molar-refractivity contribution in [1.29, 1.82) is 0 Å². The summed E-state index contributed by atoms with van der Waals surface area (Å²) in [6, 6.07) is 9.99. The van der Waals surface area contributed by atoms with Gasteiger partial charge in [0, 0.05) is 23.1 Å². The monoisotopic (exact) mass is 366 g/mol. The SMILES string of the molecule is O=C(NC1CC1)c1cc(SCC2CC2(Cl)Cl)nc2ccccc12. The molecular formula is C17H16Cl2N2OS. The predicted octanol–water partition coefficient (Wildman–Crippen LogP) is 4.41. The van der Waals surface area contributed by atoms with Gasteiger partial charge in [-0.25, -0.2) is 4.98 Å². The number of carbonyl (C=O) groups excluding carboxylic acids is 1. The number of rotatable bonds is 5. The molecule has 1 atom stereocenters. The van der Waals surface area contributed by atoms with Crippen molar-refractivity contribution in [3.63, 3.8) is 0 Å². The molecule has 1 aromatic carbocycles. The van der Waals surface area contributed by atoms with E-state index in [1.54, 1.807) is 11.8 Å². The smallest absolute Gasteiger partial charge is 0.252 e. The van der Waals surface area contributed by atoms with Gasteiger partial charge in [-0.05, 0) is 31.4 Å². The van der Waals surface area contributed by atoms with Crippen molar-refractivity contribution >= 4 is 51.8 Å². The Bertz CT molecular complexity index is 776. The lowest BCUT2D eigenvalue weighted by molar-refractivity contribution is 0.0952. The molecule has 1 unspecified atom stereocenters. The fraction of sp³-hybridized carbons (Fsp3) is 0.412. The van der Waals surface area contributed by atoms with Crippen LogP contribution in [-0.2, 0) is 0 Å². The van der Waals surface area contributed by atoms with E-state index in [0.717, 1.165) is 40.9 Å². The molecule has 0 radical (unpaired) electrons. The highest BCUT2D eigenvalue weighted by atomic mass is 35.5. The van der Waals surface area contributed by atoms with Crippen molar-refractivity contribution in [3.05, 3.63) is 35.9 Å². The highest BCUT2D eigenvalue weighted by Crippen LogP contribution is 2.54. The van der Waals surface area contributed by atoms with E-state index in [4.69, 9.17) is 23.2 Å². The summed E-state index contributed by atoms with van der Waals surface area (Å²) >= 11 is 13.8. The van der Waals surface area contributed by atoms with Crippen LogP contribution in [0.3, 0.4) is 0 Å². The van der Waals surface area contributed by atoms with E-state index < -0.39 is 4.33 Å². The Kier molecular flexibility index (Phi) is 3.94. The van der Waals surface area contributed by atoms with Crippen molar-refractivity contribution in [1.82, 2.24) is 10.3 Å². The average molecular weight is 367 g/mol. The van der Waals surface area contributed by atoms with Crippen LogP contribution in [0.15, 0.2) is 35.4 Å². The highest BCUT2D eigenvalue weighted by molar-refractivity contribution is 7.99. The molecule has 0 aliphatic heterocycles. The van der Waals surface area contributed by atoms with Crippen molar-refractivity contribution < 1.29 is 4.79 Å². The summed E-state index contributed by atoms with van der Waals surface area (Å²) in [7, 11) is 0. The van der Waals surface area contributed by atoms with E-state index in [1.165, 1.54) is 0 Å². The lowest BCUT2D eigenvalue weighted by Gasteiger charge is -2.10. The number of hydrogen-bond donors (Lipinski definition) is 1. The number of hydrogen-bond acceptors (Lipinski definition) is 3. The number of pyridine rings is 1. The summed E-state index contributed by atoms with van der Waals surface area (Å²) in [6.07, 6.45) is 2.98. The van der Waals surface area contributed by atoms with E-state index in [2.05, 4.69) is 10.3 Å². The maximum atomic E-state index is 12.5. The van der Waals surface area contributed by atoms with Crippen LogP contribution in [0, 0.1) is 5.92 Å².